The largest absolute Gasteiger partial charge is 0.492 e. The van der Waals surface area contributed by atoms with Crippen molar-refractivity contribution in [2.45, 2.75) is 13.3 Å². The molecule has 4 heteroatoms. The van der Waals surface area contributed by atoms with E-state index in [-0.39, 0.29) is 0 Å². The van der Waals surface area contributed by atoms with Gasteiger partial charge in [-0.25, -0.2) is 0 Å². The van der Waals surface area contributed by atoms with E-state index in [0.717, 1.165) is 6.42 Å². The van der Waals surface area contributed by atoms with Crippen LogP contribution in [-0.2, 0) is 4.74 Å². The van der Waals surface area contributed by atoms with Gasteiger partial charge in [0.2, 0.25) is 0 Å². The molecular weight excluding hydrogens is 204 g/mol. The van der Waals surface area contributed by atoms with E-state index >= 15 is 0 Å². The zero-order valence-electron chi connectivity index (χ0n) is 9.40. The van der Waals surface area contributed by atoms with E-state index in [9.17, 15) is 0 Å². The van der Waals surface area contributed by atoms with Crippen LogP contribution in [0.5, 0.6) is 5.75 Å². The van der Waals surface area contributed by atoms with Crippen LogP contribution in [0.25, 0.3) is 0 Å². The summed E-state index contributed by atoms with van der Waals surface area (Å²) in [7, 11) is 0. The molecule has 0 unspecified atom stereocenters. The molecule has 1 aromatic carbocycles. The second-order valence-electron chi connectivity index (χ2n) is 3.27. The summed E-state index contributed by atoms with van der Waals surface area (Å²) in [5.74, 6) is 0.577. The van der Waals surface area contributed by atoms with Gasteiger partial charge in [-0.3, -0.25) is 0 Å². The molecule has 0 aliphatic carbocycles. The molecule has 2 N–H and O–H groups in total. The van der Waals surface area contributed by atoms with Crippen molar-refractivity contribution in [2.75, 3.05) is 25.6 Å². The van der Waals surface area contributed by atoms with Gasteiger partial charge in [-0.2, -0.15) is 5.26 Å². The monoisotopic (exact) mass is 220 g/mol. The number of rotatable bonds is 6. The van der Waals surface area contributed by atoms with Crippen LogP contribution >= 0.6 is 0 Å². The molecule has 0 saturated heterocycles. The summed E-state index contributed by atoms with van der Waals surface area (Å²) in [5, 5.41) is 8.87. The zero-order chi connectivity index (χ0) is 11.8. The van der Waals surface area contributed by atoms with Gasteiger partial charge in [-0.15, -0.1) is 0 Å². The number of anilines is 1. The minimum Gasteiger partial charge on any atom is -0.492 e. The van der Waals surface area contributed by atoms with Crippen molar-refractivity contribution >= 4 is 5.69 Å². The highest BCUT2D eigenvalue weighted by Gasteiger charge is 2.03. The van der Waals surface area contributed by atoms with E-state index in [1.165, 1.54) is 0 Å². The molecule has 0 bridgehead atoms. The van der Waals surface area contributed by atoms with Gasteiger partial charge < -0.3 is 15.2 Å². The number of hydrogen-bond donors (Lipinski definition) is 1. The van der Waals surface area contributed by atoms with Crippen LogP contribution in [0, 0.1) is 11.3 Å². The van der Waals surface area contributed by atoms with E-state index in [4.69, 9.17) is 20.5 Å². The number of nitrogens with zero attached hydrogens (tertiary/aromatic N) is 1. The Bertz CT molecular complexity index is 372. The van der Waals surface area contributed by atoms with E-state index in [0.29, 0.717) is 36.8 Å². The Morgan fingerprint density at radius 3 is 2.88 bits per heavy atom. The number of nitrogen functional groups attached to an aromatic ring is 1. The molecule has 0 spiro atoms. The molecule has 16 heavy (non-hydrogen) atoms. The topological polar surface area (TPSA) is 68.3 Å². The Balaban J connectivity index is 2.45. The molecule has 0 saturated carbocycles. The average Bonchev–Trinajstić information content (AvgIpc) is 2.30. The van der Waals surface area contributed by atoms with Gasteiger partial charge in [0.05, 0.1) is 12.2 Å². The van der Waals surface area contributed by atoms with E-state index in [1.807, 2.05) is 6.92 Å². The maximum atomic E-state index is 8.87. The number of nitriles is 1. The minimum absolute atomic E-state index is 0.469. The smallest absolute Gasteiger partial charge is 0.137 e. The SMILES string of the molecule is CCOCCCOc1ccc(N)cc1C#N. The molecule has 0 aromatic heterocycles. The molecule has 0 radical (unpaired) electrons. The first-order chi connectivity index (χ1) is 7.77. The Labute approximate surface area is 95.6 Å². The van der Waals surface area contributed by atoms with Crippen LogP contribution in [0.1, 0.15) is 18.9 Å². The van der Waals surface area contributed by atoms with Crippen molar-refractivity contribution in [3.8, 4) is 11.8 Å². The predicted molar refractivity (Wildman–Crippen MR) is 62.2 cm³/mol. The van der Waals surface area contributed by atoms with Crippen LogP contribution in [0.2, 0.25) is 0 Å². The number of nitrogens with two attached hydrogens (primary N) is 1. The molecule has 0 aliphatic rings. The molecule has 4 nitrogen and oxygen atoms in total. The molecule has 0 atom stereocenters. The second-order valence-corrected chi connectivity index (χ2v) is 3.27. The number of benzene rings is 1. The summed E-state index contributed by atoms with van der Waals surface area (Å²) in [6, 6.07) is 7.10. The summed E-state index contributed by atoms with van der Waals surface area (Å²) >= 11 is 0. The molecule has 1 aromatic rings. The quantitative estimate of drug-likeness (QED) is 0.587. The molecule has 0 aliphatic heterocycles. The van der Waals surface area contributed by atoms with E-state index in [1.54, 1.807) is 18.2 Å². The van der Waals surface area contributed by atoms with Crippen molar-refractivity contribution in [2.24, 2.45) is 0 Å². The first kappa shape index (κ1) is 12.3. The van der Waals surface area contributed by atoms with E-state index in [2.05, 4.69) is 6.07 Å². The normalized spacial score (nSPS) is 9.75. The van der Waals surface area contributed by atoms with Gasteiger partial charge >= 0.3 is 0 Å². The molecule has 0 heterocycles. The van der Waals surface area contributed by atoms with Crippen LogP contribution in [-0.4, -0.2) is 19.8 Å². The molecular formula is C12H16N2O2. The van der Waals surface area contributed by atoms with Gasteiger partial charge in [0.25, 0.3) is 0 Å². The summed E-state index contributed by atoms with van der Waals surface area (Å²) < 4.78 is 10.7. The van der Waals surface area contributed by atoms with Crippen LogP contribution in [0.15, 0.2) is 18.2 Å². The standard InChI is InChI=1S/C12H16N2O2/c1-2-15-6-3-7-16-12-5-4-11(14)8-10(12)9-13/h4-5,8H,2-3,6-7,14H2,1H3. The predicted octanol–water partition coefficient (Wildman–Crippen LogP) is 1.95. The molecule has 86 valence electrons. The summed E-state index contributed by atoms with van der Waals surface area (Å²) in [6.45, 7) is 3.88. The third kappa shape index (κ3) is 3.79. The van der Waals surface area contributed by atoms with Crippen molar-refractivity contribution in [1.29, 1.82) is 5.26 Å². The Hall–Kier alpha value is -1.73. The fraction of sp³-hybridized carbons (Fsp3) is 0.417. The highest BCUT2D eigenvalue weighted by atomic mass is 16.5. The van der Waals surface area contributed by atoms with Crippen LogP contribution < -0.4 is 10.5 Å². The molecule has 0 amide bonds. The lowest BCUT2D eigenvalue weighted by atomic mass is 10.2. The van der Waals surface area contributed by atoms with Crippen LogP contribution in [0.3, 0.4) is 0 Å². The van der Waals surface area contributed by atoms with Gasteiger partial charge in [-0.05, 0) is 25.1 Å². The molecule has 1 rings (SSSR count). The van der Waals surface area contributed by atoms with Crippen molar-refractivity contribution in [3.63, 3.8) is 0 Å². The highest BCUT2D eigenvalue weighted by Crippen LogP contribution is 2.20. The van der Waals surface area contributed by atoms with Gasteiger partial charge in [0, 0.05) is 25.3 Å². The summed E-state index contributed by atoms with van der Waals surface area (Å²) in [4.78, 5) is 0. The third-order valence-corrected chi connectivity index (χ3v) is 2.02. The van der Waals surface area contributed by atoms with Gasteiger partial charge in [0.15, 0.2) is 0 Å². The van der Waals surface area contributed by atoms with Crippen molar-refractivity contribution in [1.82, 2.24) is 0 Å². The maximum absolute atomic E-state index is 8.87. The Morgan fingerprint density at radius 1 is 1.38 bits per heavy atom. The summed E-state index contributed by atoms with van der Waals surface area (Å²) in [6.07, 6.45) is 0.809. The zero-order valence-corrected chi connectivity index (χ0v) is 9.40. The van der Waals surface area contributed by atoms with E-state index < -0.39 is 0 Å². The lowest BCUT2D eigenvalue weighted by Gasteiger charge is -2.08. The van der Waals surface area contributed by atoms with Crippen molar-refractivity contribution < 1.29 is 9.47 Å². The van der Waals surface area contributed by atoms with Crippen molar-refractivity contribution in [3.05, 3.63) is 23.8 Å². The Kier molecular flexibility index (Phi) is 5.17. The highest BCUT2D eigenvalue weighted by molar-refractivity contribution is 5.53. The number of hydrogen-bond acceptors (Lipinski definition) is 4. The fourth-order valence-corrected chi connectivity index (χ4v) is 1.25. The fourth-order valence-electron chi connectivity index (χ4n) is 1.25. The third-order valence-electron chi connectivity index (χ3n) is 2.02. The first-order valence-electron chi connectivity index (χ1n) is 5.28. The number of ether oxygens (including phenoxy) is 2. The Morgan fingerprint density at radius 2 is 2.19 bits per heavy atom. The first-order valence-corrected chi connectivity index (χ1v) is 5.28. The lowest BCUT2D eigenvalue weighted by molar-refractivity contribution is 0.131. The maximum Gasteiger partial charge on any atom is 0.137 e. The summed E-state index contributed by atoms with van der Waals surface area (Å²) in [5.41, 5.74) is 6.61. The minimum atomic E-state index is 0.469. The van der Waals surface area contributed by atoms with Gasteiger partial charge in [0.1, 0.15) is 11.8 Å². The lowest BCUT2D eigenvalue weighted by Crippen LogP contribution is -2.04. The van der Waals surface area contributed by atoms with Gasteiger partial charge in [-0.1, -0.05) is 0 Å². The second kappa shape index (κ2) is 6.70. The average molecular weight is 220 g/mol. The van der Waals surface area contributed by atoms with Crippen LogP contribution in [0.4, 0.5) is 5.69 Å². The molecule has 0 fully saturated rings.